The molecule has 0 amide bonds. The van der Waals surface area contributed by atoms with E-state index in [0.29, 0.717) is 22.8 Å². The van der Waals surface area contributed by atoms with E-state index in [4.69, 9.17) is 17.3 Å². The van der Waals surface area contributed by atoms with Crippen LogP contribution < -0.4 is 5.73 Å². The molecule has 0 spiro atoms. The second kappa shape index (κ2) is 3.81. The van der Waals surface area contributed by atoms with Crippen molar-refractivity contribution in [3.05, 3.63) is 11.2 Å². The van der Waals surface area contributed by atoms with Crippen LogP contribution in [0.5, 0.6) is 0 Å². The first-order chi connectivity index (χ1) is 6.68. The minimum Gasteiger partial charge on any atom is -0.381 e. The lowest BCUT2D eigenvalue weighted by Gasteiger charge is -2.28. The normalized spacial score (nSPS) is 27.9. The average Bonchev–Trinajstić information content (AvgIpc) is 2.48. The van der Waals surface area contributed by atoms with Gasteiger partial charge in [0.25, 0.3) is 0 Å². The highest BCUT2D eigenvalue weighted by molar-refractivity contribution is 6.32. The molecular weight excluding hydrogens is 198 g/mol. The standard InChI is InChI=1S/C10H16ClN3/c1-7-4-2-3-5-9(7)14-6-8(11)10(12)13-14/h6-7,9H,2-5H2,1H3,(H2,12,13). The monoisotopic (exact) mass is 213 g/mol. The van der Waals surface area contributed by atoms with Gasteiger partial charge in [-0.1, -0.05) is 31.4 Å². The van der Waals surface area contributed by atoms with Gasteiger partial charge in [-0.2, -0.15) is 5.10 Å². The van der Waals surface area contributed by atoms with Crippen LogP contribution in [0.3, 0.4) is 0 Å². The van der Waals surface area contributed by atoms with Crippen LogP contribution in [0.1, 0.15) is 38.6 Å². The van der Waals surface area contributed by atoms with Crippen LogP contribution in [0.15, 0.2) is 6.20 Å². The van der Waals surface area contributed by atoms with E-state index >= 15 is 0 Å². The lowest BCUT2D eigenvalue weighted by Crippen LogP contribution is -2.21. The van der Waals surface area contributed by atoms with E-state index in [9.17, 15) is 0 Å². The van der Waals surface area contributed by atoms with Crippen LogP contribution in [-0.4, -0.2) is 9.78 Å². The Morgan fingerprint density at radius 3 is 2.79 bits per heavy atom. The fraction of sp³-hybridized carbons (Fsp3) is 0.700. The van der Waals surface area contributed by atoms with Crippen molar-refractivity contribution in [2.24, 2.45) is 5.92 Å². The summed E-state index contributed by atoms with van der Waals surface area (Å²) in [5.74, 6) is 1.13. The van der Waals surface area contributed by atoms with Crippen LogP contribution in [-0.2, 0) is 0 Å². The summed E-state index contributed by atoms with van der Waals surface area (Å²) in [5.41, 5.74) is 5.63. The molecule has 1 aliphatic carbocycles. The first-order valence-electron chi connectivity index (χ1n) is 5.18. The molecule has 3 nitrogen and oxygen atoms in total. The molecule has 0 bridgehead atoms. The zero-order valence-electron chi connectivity index (χ0n) is 8.41. The van der Waals surface area contributed by atoms with Crippen LogP contribution in [0.2, 0.25) is 5.02 Å². The van der Waals surface area contributed by atoms with E-state index in [1.165, 1.54) is 25.7 Å². The van der Waals surface area contributed by atoms with Crippen molar-refractivity contribution in [3.8, 4) is 0 Å². The topological polar surface area (TPSA) is 43.8 Å². The number of halogens is 1. The number of aromatic nitrogens is 2. The Balaban J connectivity index is 2.20. The third-order valence-electron chi connectivity index (χ3n) is 3.12. The largest absolute Gasteiger partial charge is 0.381 e. The molecule has 1 saturated carbocycles. The van der Waals surface area contributed by atoms with Gasteiger partial charge in [0, 0.05) is 6.20 Å². The molecule has 2 rings (SSSR count). The van der Waals surface area contributed by atoms with Crippen molar-refractivity contribution in [3.63, 3.8) is 0 Å². The first kappa shape index (κ1) is 9.84. The van der Waals surface area contributed by atoms with Crippen molar-refractivity contribution in [1.29, 1.82) is 0 Å². The SMILES string of the molecule is CC1CCCCC1n1cc(Cl)c(N)n1. The predicted octanol–water partition coefficient (Wildman–Crippen LogP) is 2.87. The highest BCUT2D eigenvalue weighted by atomic mass is 35.5. The van der Waals surface area contributed by atoms with E-state index in [1.54, 1.807) is 0 Å². The van der Waals surface area contributed by atoms with Crippen LogP contribution in [0.25, 0.3) is 0 Å². The molecule has 0 saturated heterocycles. The summed E-state index contributed by atoms with van der Waals surface area (Å²) < 4.78 is 1.95. The minimum atomic E-state index is 0.449. The molecule has 0 aromatic carbocycles. The number of nitrogen functional groups attached to an aromatic ring is 1. The zero-order valence-corrected chi connectivity index (χ0v) is 9.17. The second-order valence-corrected chi connectivity index (χ2v) is 4.58. The molecule has 78 valence electrons. The van der Waals surface area contributed by atoms with Crippen LogP contribution >= 0.6 is 11.6 Å². The van der Waals surface area contributed by atoms with E-state index in [0.717, 1.165) is 0 Å². The Morgan fingerprint density at radius 1 is 1.50 bits per heavy atom. The maximum atomic E-state index is 5.89. The Morgan fingerprint density at radius 2 is 2.21 bits per heavy atom. The first-order valence-corrected chi connectivity index (χ1v) is 5.56. The predicted molar refractivity (Wildman–Crippen MR) is 58.3 cm³/mol. The summed E-state index contributed by atoms with van der Waals surface area (Å²) >= 11 is 5.89. The fourth-order valence-electron chi connectivity index (χ4n) is 2.24. The molecule has 0 radical (unpaired) electrons. The molecule has 1 aliphatic rings. The Labute approximate surface area is 89.2 Å². The van der Waals surface area contributed by atoms with Crippen molar-refractivity contribution in [2.75, 3.05) is 5.73 Å². The number of hydrogen-bond donors (Lipinski definition) is 1. The summed E-state index contributed by atoms with van der Waals surface area (Å²) in [6.45, 7) is 2.27. The fourth-order valence-corrected chi connectivity index (χ4v) is 2.38. The summed E-state index contributed by atoms with van der Waals surface area (Å²) in [4.78, 5) is 0. The summed E-state index contributed by atoms with van der Waals surface area (Å²) in [6, 6.07) is 0.485. The Kier molecular flexibility index (Phi) is 2.68. The molecule has 0 aliphatic heterocycles. The number of rotatable bonds is 1. The zero-order chi connectivity index (χ0) is 10.1. The highest BCUT2D eigenvalue weighted by Gasteiger charge is 2.24. The van der Waals surface area contributed by atoms with E-state index < -0.39 is 0 Å². The Hall–Kier alpha value is -0.700. The Bertz CT molecular complexity index is 302. The van der Waals surface area contributed by atoms with E-state index in [-0.39, 0.29) is 0 Å². The maximum absolute atomic E-state index is 5.89. The van der Waals surface area contributed by atoms with Gasteiger partial charge in [0.15, 0.2) is 5.82 Å². The van der Waals surface area contributed by atoms with Crippen molar-refractivity contribution >= 4 is 17.4 Å². The average molecular weight is 214 g/mol. The van der Waals surface area contributed by atoms with Gasteiger partial charge in [-0.3, -0.25) is 4.68 Å². The molecule has 14 heavy (non-hydrogen) atoms. The summed E-state index contributed by atoms with van der Waals surface area (Å²) in [5, 5.41) is 4.82. The number of nitrogens with two attached hydrogens (primary N) is 1. The number of hydrogen-bond acceptors (Lipinski definition) is 2. The van der Waals surface area contributed by atoms with Crippen molar-refractivity contribution in [1.82, 2.24) is 9.78 Å². The quantitative estimate of drug-likeness (QED) is 0.780. The lowest BCUT2D eigenvalue weighted by molar-refractivity contribution is 0.240. The van der Waals surface area contributed by atoms with Gasteiger partial charge in [-0.05, 0) is 18.8 Å². The summed E-state index contributed by atoms with van der Waals surface area (Å²) in [6.07, 6.45) is 6.94. The molecule has 1 aromatic rings. The lowest BCUT2D eigenvalue weighted by atomic mass is 9.86. The maximum Gasteiger partial charge on any atom is 0.164 e. The molecule has 4 heteroatoms. The van der Waals surface area contributed by atoms with Gasteiger partial charge >= 0.3 is 0 Å². The number of nitrogens with zero attached hydrogens (tertiary/aromatic N) is 2. The highest BCUT2D eigenvalue weighted by Crippen LogP contribution is 2.34. The smallest absolute Gasteiger partial charge is 0.164 e. The van der Waals surface area contributed by atoms with Gasteiger partial charge in [0.05, 0.1) is 6.04 Å². The van der Waals surface area contributed by atoms with E-state index in [1.807, 2.05) is 10.9 Å². The van der Waals surface area contributed by atoms with Gasteiger partial charge in [0.2, 0.25) is 0 Å². The molecule has 2 N–H and O–H groups in total. The molecule has 1 aromatic heterocycles. The van der Waals surface area contributed by atoms with Gasteiger partial charge in [0.1, 0.15) is 5.02 Å². The van der Waals surface area contributed by atoms with Crippen LogP contribution in [0, 0.1) is 5.92 Å². The molecule has 1 fully saturated rings. The third-order valence-corrected chi connectivity index (χ3v) is 3.41. The second-order valence-electron chi connectivity index (χ2n) is 4.17. The van der Waals surface area contributed by atoms with Crippen molar-refractivity contribution in [2.45, 2.75) is 38.6 Å². The van der Waals surface area contributed by atoms with Crippen LogP contribution in [0.4, 0.5) is 5.82 Å². The third kappa shape index (κ3) is 1.73. The van der Waals surface area contributed by atoms with Gasteiger partial charge in [-0.25, -0.2) is 0 Å². The minimum absolute atomic E-state index is 0.449. The molecule has 1 heterocycles. The van der Waals surface area contributed by atoms with Gasteiger partial charge in [-0.15, -0.1) is 0 Å². The van der Waals surface area contributed by atoms with Crippen molar-refractivity contribution < 1.29 is 0 Å². The molecule has 2 unspecified atom stereocenters. The van der Waals surface area contributed by atoms with Gasteiger partial charge < -0.3 is 5.73 Å². The molecule has 2 atom stereocenters. The molecular formula is C10H16ClN3. The van der Waals surface area contributed by atoms with E-state index in [2.05, 4.69) is 12.0 Å². The summed E-state index contributed by atoms with van der Waals surface area (Å²) in [7, 11) is 0. The number of anilines is 1.